The number of nitrogens with one attached hydrogen (secondary N) is 2. The molecule has 0 saturated carbocycles. The summed E-state index contributed by atoms with van der Waals surface area (Å²) in [6.45, 7) is 3.91. The zero-order valence-corrected chi connectivity index (χ0v) is 14.4. The molecular weight excluding hydrogens is 334 g/mol. The first-order valence-electron chi connectivity index (χ1n) is 8.51. The fourth-order valence-electron chi connectivity index (χ4n) is 2.83. The lowest BCUT2D eigenvalue weighted by Gasteiger charge is -2.19. The van der Waals surface area contributed by atoms with Gasteiger partial charge in [0.1, 0.15) is 13.2 Å². The Morgan fingerprint density at radius 2 is 2.00 bits per heavy atom. The Hall–Kier alpha value is -3.22. The second kappa shape index (κ2) is 6.95. The summed E-state index contributed by atoms with van der Waals surface area (Å²) >= 11 is 0. The molecule has 0 spiro atoms. The minimum atomic E-state index is -0.138. The Kier molecular flexibility index (Phi) is 4.35. The average molecular weight is 353 g/mol. The zero-order chi connectivity index (χ0) is 17.9. The molecule has 4 rings (SSSR count). The Morgan fingerprint density at radius 3 is 2.73 bits per heavy atom. The molecule has 2 aromatic heterocycles. The van der Waals surface area contributed by atoms with Crippen molar-refractivity contribution in [3.8, 4) is 17.4 Å². The number of hydrogen-bond acceptors (Lipinski definition) is 6. The lowest BCUT2D eigenvalue weighted by atomic mass is 10.1. The summed E-state index contributed by atoms with van der Waals surface area (Å²) < 4.78 is 16.5. The van der Waals surface area contributed by atoms with Gasteiger partial charge in [0.25, 0.3) is 5.56 Å². The predicted octanol–water partition coefficient (Wildman–Crippen LogP) is 2.71. The summed E-state index contributed by atoms with van der Waals surface area (Å²) in [7, 11) is 0. The summed E-state index contributed by atoms with van der Waals surface area (Å²) in [6.07, 6.45) is 1.68. The van der Waals surface area contributed by atoms with Crippen molar-refractivity contribution in [3.63, 3.8) is 0 Å². The molecule has 0 unspecified atom stereocenters. The number of rotatable bonds is 5. The van der Waals surface area contributed by atoms with E-state index < -0.39 is 0 Å². The highest BCUT2D eigenvalue weighted by Gasteiger charge is 2.14. The topological polar surface area (TPSA) is 85.5 Å². The minimum Gasteiger partial charge on any atom is -0.486 e. The van der Waals surface area contributed by atoms with Crippen LogP contribution in [0.1, 0.15) is 12.5 Å². The Bertz CT molecular complexity index is 982. The van der Waals surface area contributed by atoms with Gasteiger partial charge < -0.3 is 24.5 Å². The van der Waals surface area contributed by atoms with Gasteiger partial charge in [-0.05, 0) is 25.1 Å². The third-order valence-corrected chi connectivity index (χ3v) is 4.10. The molecule has 2 N–H and O–H groups in total. The van der Waals surface area contributed by atoms with Crippen LogP contribution < -0.4 is 25.1 Å². The molecule has 7 nitrogen and oxygen atoms in total. The van der Waals surface area contributed by atoms with Crippen molar-refractivity contribution in [1.82, 2.24) is 9.97 Å². The largest absolute Gasteiger partial charge is 0.486 e. The molecule has 134 valence electrons. The van der Waals surface area contributed by atoms with Crippen LogP contribution in [0.25, 0.3) is 10.9 Å². The molecule has 0 aliphatic carbocycles. The highest BCUT2D eigenvalue weighted by Crippen LogP contribution is 2.33. The van der Waals surface area contributed by atoms with Gasteiger partial charge in [-0.1, -0.05) is 0 Å². The number of hydrogen-bond donors (Lipinski definition) is 2. The Morgan fingerprint density at radius 1 is 1.19 bits per heavy atom. The fourth-order valence-corrected chi connectivity index (χ4v) is 2.83. The van der Waals surface area contributed by atoms with Crippen molar-refractivity contribution in [2.24, 2.45) is 0 Å². The molecule has 0 saturated heterocycles. The van der Waals surface area contributed by atoms with Crippen LogP contribution in [0.3, 0.4) is 0 Å². The van der Waals surface area contributed by atoms with E-state index >= 15 is 0 Å². The highest BCUT2D eigenvalue weighted by molar-refractivity contribution is 5.83. The van der Waals surface area contributed by atoms with Crippen LogP contribution >= 0.6 is 0 Å². The molecule has 1 aliphatic heterocycles. The number of ether oxygens (including phenoxy) is 3. The number of pyridine rings is 2. The molecule has 3 aromatic rings. The first kappa shape index (κ1) is 16.3. The maximum absolute atomic E-state index is 12.4. The van der Waals surface area contributed by atoms with Crippen LogP contribution in [0, 0.1) is 0 Å². The smallest absolute Gasteiger partial charge is 0.253 e. The first-order chi connectivity index (χ1) is 12.7. The van der Waals surface area contributed by atoms with Gasteiger partial charge in [-0.25, -0.2) is 4.98 Å². The van der Waals surface area contributed by atoms with Gasteiger partial charge in [0.2, 0.25) is 5.88 Å². The van der Waals surface area contributed by atoms with Crippen LogP contribution in [0.15, 0.2) is 41.3 Å². The predicted molar refractivity (Wildman–Crippen MR) is 98.3 cm³/mol. The van der Waals surface area contributed by atoms with E-state index in [4.69, 9.17) is 14.2 Å². The molecule has 1 aliphatic rings. The quantitative estimate of drug-likeness (QED) is 0.734. The molecule has 0 atom stereocenters. The highest BCUT2D eigenvalue weighted by atomic mass is 16.6. The van der Waals surface area contributed by atoms with Crippen LogP contribution in [0.5, 0.6) is 17.4 Å². The van der Waals surface area contributed by atoms with Gasteiger partial charge in [0.05, 0.1) is 24.0 Å². The molecule has 0 bridgehead atoms. The van der Waals surface area contributed by atoms with Gasteiger partial charge >= 0.3 is 0 Å². The van der Waals surface area contributed by atoms with Crippen molar-refractivity contribution >= 4 is 16.6 Å². The van der Waals surface area contributed by atoms with Crippen LogP contribution in [0.4, 0.5) is 5.69 Å². The van der Waals surface area contributed by atoms with E-state index in [0.29, 0.717) is 49.3 Å². The Labute approximate surface area is 149 Å². The van der Waals surface area contributed by atoms with Crippen molar-refractivity contribution in [2.45, 2.75) is 13.5 Å². The van der Waals surface area contributed by atoms with Crippen LogP contribution in [-0.4, -0.2) is 29.8 Å². The summed E-state index contributed by atoms with van der Waals surface area (Å²) in [5, 5.41) is 4.10. The number of aromatic amines is 1. The third-order valence-electron chi connectivity index (χ3n) is 4.10. The van der Waals surface area contributed by atoms with Gasteiger partial charge in [-0.2, -0.15) is 0 Å². The lowest BCUT2D eigenvalue weighted by molar-refractivity contribution is 0.172. The normalized spacial score (nSPS) is 12.8. The summed E-state index contributed by atoms with van der Waals surface area (Å²) in [6, 6.07) is 9.22. The molecule has 26 heavy (non-hydrogen) atoms. The number of H-pyrrole nitrogens is 1. The molecule has 7 heteroatoms. The number of anilines is 1. The summed E-state index contributed by atoms with van der Waals surface area (Å²) in [4.78, 5) is 19.5. The van der Waals surface area contributed by atoms with Gasteiger partial charge in [-0.3, -0.25) is 4.79 Å². The zero-order valence-electron chi connectivity index (χ0n) is 14.4. The van der Waals surface area contributed by atoms with Crippen LogP contribution in [0.2, 0.25) is 0 Å². The molecule has 0 fully saturated rings. The second-order valence-electron chi connectivity index (χ2n) is 5.88. The Balaban J connectivity index is 1.56. The molecule has 1 aromatic carbocycles. The average Bonchev–Trinajstić information content (AvgIpc) is 2.66. The number of fused-ring (bicyclic) bond motifs is 2. The lowest BCUT2D eigenvalue weighted by Crippen LogP contribution is -2.17. The van der Waals surface area contributed by atoms with Crippen molar-refractivity contribution in [1.29, 1.82) is 0 Å². The molecule has 3 heterocycles. The maximum Gasteiger partial charge on any atom is 0.253 e. The van der Waals surface area contributed by atoms with E-state index in [1.165, 1.54) is 0 Å². The van der Waals surface area contributed by atoms with Gasteiger partial charge in [-0.15, -0.1) is 0 Å². The van der Waals surface area contributed by atoms with Crippen molar-refractivity contribution in [3.05, 3.63) is 52.4 Å². The SMILES string of the molecule is CCOc1ccc(NCc2cc3cc4c(cc3[nH]c2=O)OCCO4)cn1. The summed E-state index contributed by atoms with van der Waals surface area (Å²) in [5.74, 6) is 1.93. The number of aromatic nitrogens is 2. The van der Waals surface area contributed by atoms with Crippen molar-refractivity contribution < 1.29 is 14.2 Å². The number of nitrogens with zero attached hydrogens (tertiary/aromatic N) is 1. The van der Waals surface area contributed by atoms with E-state index in [0.717, 1.165) is 16.6 Å². The molecule has 0 amide bonds. The van der Waals surface area contributed by atoms with E-state index in [9.17, 15) is 4.79 Å². The fraction of sp³-hybridized carbons (Fsp3) is 0.263. The van der Waals surface area contributed by atoms with E-state index in [2.05, 4.69) is 15.3 Å². The summed E-state index contributed by atoms with van der Waals surface area (Å²) in [5.41, 5.74) is 2.03. The molecule has 0 radical (unpaired) electrons. The van der Waals surface area contributed by atoms with E-state index in [1.807, 2.05) is 25.1 Å². The second-order valence-corrected chi connectivity index (χ2v) is 5.88. The monoisotopic (exact) mass is 353 g/mol. The van der Waals surface area contributed by atoms with Crippen LogP contribution in [-0.2, 0) is 6.54 Å². The standard InChI is InChI=1S/C19H19N3O4/c1-2-24-18-4-3-14(11-21-18)20-10-13-7-12-8-16-17(26-6-5-25-16)9-15(12)22-19(13)23/h3-4,7-9,11,20H,2,5-6,10H2,1H3,(H,22,23). The minimum absolute atomic E-state index is 0.138. The van der Waals surface area contributed by atoms with Gasteiger partial charge in [0.15, 0.2) is 11.5 Å². The van der Waals surface area contributed by atoms with Crippen molar-refractivity contribution in [2.75, 3.05) is 25.1 Å². The van der Waals surface area contributed by atoms with Gasteiger partial charge in [0, 0.05) is 29.6 Å². The maximum atomic E-state index is 12.4. The molecular formula is C19H19N3O4. The van der Waals surface area contributed by atoms with E-state index in [1.54, 1.807) is 18.3 Å². The third kappa shape index (κ3) is 3.28. The van der Waals surface area contributed by atoms with E-state index in [-0.39, 0.29) is 5.56 Å². The first-order valence-corrected chi connectivity index (χ1v) is 8.51. The number of benzene rings is 1.